The molecule has 0 radical (unpaired) electrons. The Morgan fingerprint density at radius 2 is 1.94 bits per heavy atom. The topological polar surface area (TPSA) is 46.6 Å². The highest BCUT2D eigenvalue weighted by Gasteiger charge is 2.52. The van der Waals surface area contributed by atoms with Crippen LogP contribution in [0.3, 0.4) is 0 Å². The molecule has 90 valence electrons. The van der Waals surface area contributed by atoms with Crippen molar-refractivity contribution in [1.29, 1.82) is 0 Å². The lowest BCUT2D eigenvalue weighted by molar-refractivity contribution is -0.142. The molecule has 2 bridgehead atoms. The minimum Gasteiger partial charge on any atom is -0.466 e. The van der Waals surface area contributed by atoms with E-state index in [-0.39, 0.29) is 17.4 Å². The fourth-order valence-corrected chi connectivity index (χ4v) is 3.37. The molecule has 2 saturated heterocycles. The highest BCUT2D eigenvalue weighted by Crippen LogP contribution is 2.48. The maximum Gasteiger partial charge on any atom is 0.302 e. The molecule has 0 aliphatic carbocycles. The quantitative estimate of drug-likeness (QED) is 0.683. The summed E-state index contributed by atoms with van der Waals surface area (Å²) in [7, 11) is 0. The van der Waals surface area contributed by atoms with Gasteiger partial charge >= 0.3 is 5.97 Å². The average molecular weight is 225 g/mol. The van der Waals surface area contributed by atoms with Crippen LogP contribution in [0.2, 0.25) is 0 Å². The molecule has 16 heavy (non-hydrogen) atoms. The highest BCUT2D eigenvalue weighted by atomic mass is 16.5. The maximum absolute atomic E-state index is 11.6. The van der Waals surface area contributed by atoms with Crippen molar-refractivity contribution in [3.8, 4) is 0 Å². The molecule has 0 N–H and O–H groups in total. The third kappa shape index (κ3) is 1.81. The highest BCUT2D eigenvalue weighted by molar-refractivity contribution is 5.75. The average Bonchev–Trinajstić information content (AvgIpc) is 2.71. The van der Waals surface area contributed by atoms with Gasteiger partial charge < -0.3 is 9.64 Å². The van der Waals surface area contributed by atoms with Gasteiger partial charge in [0.2, 0.25) is 5.91 Å². The van der Waals surface area contributed by atoms with Crippen molar-refractivity contribution in [2.75, 3.05) is 6.61 Å². The van der Waals surface area contributed by atoms with Crippen LogP contribution in [0.4, 0.5) is 0 Å². The molecule has 4 heteroatoms. The third-order valence-corrected chi connectivity index (χ3v) is 3.97. The first kappa shape index (κ1) is 11.4. The Kier molecular flexibility index (Phi) is 2.91. The maximum atomic E-state index is 11.6. The Bertz CT molecular complexity index is 305. The van der Waals surface area contributed by atoms with E-state index < -0.39 is 0 Å². The van der Waals surface area contributed by atoms with Gasteiger partial charge in [0, 0.05) is 31.8 Å². The largest absolute Gasteiger partial charge is 0.466 e. The second kappa shape index (κ2) is 4.07. The lowest BCUT2D eigenvalue weighted by Crippen LogP contribution is -2.44. The van der Waals surface area contributed by atoms with Crippen LogP contribution in [0.15, 0.2) is 0 Å². The number of amides is 1. The van der Waals surface area contributed by atoms with Crippen molar-refractivity contribution in [2.24, 2.45) is 0 Å². The molecule has 0 unspecified atom stereocenters. The molecule has 0 saturated carbocycles. The molecule has 2 rings (SSSR count). The Morgan fingerprint density at radius 1 is 1.31 bits per heavy atom. The molecule has 0 aromatic carbocycles. The van der Waals surface area contributed by atoms with E-state index in [1.807, 2.05) is 4.90 Å². The number of nitrogens with zero attached hydrogens (tertiary/aromatic N) is 1. The first-order chi connectivity index (χ1) is 7.55. The third-order valence-electron chi connectivity index (χ3n) is 3.97. The van der Waals surface area contributed by atoms with Crippen LogP contribution >= 0.6 is 0 Å². The van der Waals surface area contributed by atoms with Crippen LogP contribution in [0, 0.1) is 0 Å². The van der Waals surface area contributed by atoms with Gasteiger partial charge in [-0.2, -0.15) is 0 Å². The first-order valence-electron chi connectivity index (χ1n) is 5.98. The monoisotopic (exact) mass is 225 g/mol. The predicted octanol–water partition coefficient (Wildman–Crippen LogP) is 1.48. The van der Waals surface area contributed by atoms with E-state index in [0.717, 1.165) is 32.1 Å². The SMILES string of the molecule is CC(=O)OCCC12CCC(CC1)N2C(C)=O. The van der Waals surface area contributed by atoms with Crippen LogP contribution in [0.5, 0.6) is 0 Å². The summed E-state index contributed by atoms with van der Waals surface area (Å²) in [4.78, 5) is 24.4. The molecule has 2 heterocycles. The molecule has 2 aliphatic heterocycles. The Hall–Kier alpha value is -1.06. The summed E-state index contributed by atoms with van der Waals surface area (Å²) in [6.07, 6.45) is 5.15. The number of carbonyl (C=O) groups is 2. The second-order valence-electron chi connectivity index (χ2n) is 4.93. The minimum absolute atomic E-state index is 0.00799. The summed E-state index contributed by atoms with van der Waals surface area (Å²) in [5, 5.41) is 0. The predicted molar refractivity (Wildman–Crippen MR) is 58.8 cm³/mol. The van der Waals surface area contributed by atoms with Crippen molar-refractivity contribution >= 4 is 11.9 Å². The Balaban J connectivity index is 1.99. The molecule has 4 nitrogen and oxygen atoms in total. The van der Waals surface area contributed by atoms with Crippen molar-refractivity contribution < 1.29 is 14.3 Å². The molecule has 0 spiro atoms. The molecule has 0 atom stereocenters. The van der Waals surface area contributed by atoms with Gasteiger partial charge in [0.25, 0.3) is 0 Å². The number of carbonyl (C=O) groups excluding carboxylic acids is 2. The number of esters is 1. The standard InChI is InChI=1S/C12H19NO3/c1-9(14)13-11-3-5-12(13,6-4-11)7-8-16-10(2)15/h11H,3-8H2,1-2H3. The van der Waals surface area contributed by atoms with Crippen molar-refractivity contribution in [2.45, 2.75) is 57.5 Å². The number of hydrogen-bond acceptors (Lipinski definition) is 3. The van der Waals surface area contributed by atoms with E-state index >= 15 is 0 Å². The minimum atomic E-state index is -0.238. The van der Waals surface area contributed by atoms with Crippen molar-refractivity contribution in [3.63, 3.8) is 0 Å². The van der Waals surface area contributed by atoms with Gasteiger partial charge in [-0.1, -0.05) is 0 Å². The van der Waals surface area contributed by atoms with Crippen LogP contribution in [-0.2, 0) is 14.3 Å². The van der Waals surface area contributed by atoms with Gasteiger partial charge in [0.1, 0.15) is 0 Å². The summed E-state index contributed by atoms with van der Waals surface area (Å²) >= 11 is 0. The van der Waals surface area contributed by atoms with Crippen molar-refractivity contribution in [3.05, 3.63) is 0 Å². The van der Waals surface area contributed by atoms with Gasteiger partial charge in [0.15, 0.2) is 0 Å². The molecule has 2 fully saturated rings. The molecule has 0 aromatic rings. The number of rotatable bonds is 3. The van der Waals surface area contributed by atoms with E-state index in [9.17, 15) is 9.59 Å². The molecular formula is C12H19NO3. The first-order valence-corrected chi connectivity index (χ1v) is 5.98. The van der Waals surface area contributed by atoms with Gasteiger partial charge in [-0.25, -0.2) is 0 Å². The van der Waals surface area contributed by atoms with E-state index in [2.05, 4.69) is 0 Å². The molecule has 1 amide bonds. The van der Waals surface area contributed by atoms with E-state index in [1.54, 1.807) is 6.92 Å². The van der Waals surface area contributed by atoms with E-state index in [1.165, 1.54) is 6.92 Å². The summed E-state index contributed by atoms with van der Waals surface area (Å²) in [5.41, 5.74) is -0.00799. The molecular weight excluding hydrogens is 206 g/mol. The van der Waals surface area contributed by atoms with Gasteiger partial charge in [-0.05, 0) is 25.7 Å². The summed E-state index contributed by atoms with van der Waals surface area (Å²) in [6.45, 7) is 3.50. The lowest BCUT2D eigenvalue weighted by Gasteiger charge is -2.34. The fourth-order valence-electron chi connectivity index (χ4n) is 3.37. The van der Waals surface area contributed by atoms with Crippen LogP contribution in [0.1, 0.15) is 46.0 Å². The molecule has 2 aliphatic rings. The van der Waals surface area contributed by atoms with Gasteiger partial charge in [-0.15, -0.1) is 0 Å². The second-order valence-corrected chi connectivity index (χ2v) is 4.93. The fraction of sp³-hybridized carbons (Fsp3) is 0.833. The Morgan fingerprint density at radius 3 is 2.44 bits per heavy atom. The smallest absolute Gasteiger partial charge is 0.302 e. The lowest BCUT2D eigenvalue weighted by atomic mass is 9.85. The van der Waals surface area contributed by atoms with Gasteiger partial charge in [0.05, 0.1) is 6.61 Å². The zero-order valence-corrected chi connectivity index (χ0v) is 9.99. The normalized spacial score (nSPS) is 31.9. The van der Waals surface area contributed by atoms with Gasteiger partial charge in [-0.3, -0.25) is 9.59 Å². The van der Waals surface area contributed by atoms with E-state index in [4.69, 9.17) is 4.74 Å². The number of ether oxygens (including phenoxy) is 1. The van der Waals surface area contributed by atoms with Crippen molar-refractivity contribution in [1.82, 2.24) is 4.90 Å². The van der Waals surface area contributed by atoms with Crippen LogP contribution in [0.25, 0.3) is 0 Å². The van der Waals surface area contributed by atoms with E-state index in [0.29, 0.717) is 12.6 Å². The molecule has 0 aromatic heterocycles. The Labute approximate surface area is 95.9 Å². The summed E-state index contributed by atoms with van der Waals surface area (Å²) < 4.78 is 5.00. The summed E-state index contributed by atoms with van der Waals surface area (Å²) in [6, 6.07) is 0.440. The zero-order chi connectivity index (χ0) is 11.8. The number of fused-ring (bicyclic) bond motifs is 2. The van der Waals surface area contributed by atoms with Crippen LogP contribution in [-0.4, -0.2) is 35.0 Å². The zero-order valence-electron chi connectivity index (χ0n) is 9.99. The number of hydrogen-bond donors (Lipinski definition) is 0. The summed E-state index contributed by atoms with van der Waals surface area (Å²) in [5.74, 6) is -0.0684. The van der Waals surface area contributed by atoms with Crippen LogP contribution < -0.4 is 0 Å².